The molecule has 0 aromatic rings. The van der Waals surface area contributed by atoms with E-state index in [2.05, 4.69) is 0 Å². The van der Waals surface area contributed by atoms with Crippen LogP contribution in [0.15, 0.2) is 0 Å². The lowest BCUT2D eigenvalue weighted by atomic mass is 9.71. The third kappa shape index (κ3) is 1.76. The lowest BCUT2D eigenvalue weighted by Gasteiger charge is -2.33. The van der Waals surface area contributed by atoms with E-state index in [0.717, 1.165) is 25.9 Å². The Bertz CT molecular complexity index is 320. The Labute approximate surface area is 106 Å². The zero-order valence-corrected chi connectivity index (χ0v) is 12.6. The Morgan fingerprint density at radius 3 is 2.94 bits per heavy atom. The molecule has 0 radical (unpaired) electrons. The maximum Gasteiger partial charge on any atom is 0.312 e. The molecule has 3 aliphatic rings. The van der Waals surface area contributed by atoms with Gasteiger partial charge in [0.1, 0.15) is 0 Å². The van der Waals surface area contributed by atoms with Crippen molar-refractivity contribution in [1.29, 1.82) is 0 Å². The highest BCUT2D eigenvalue weighted by Gasteiger charge is 2.61. The van der Waals surface area contributed by atoms with Crippen molar-refractivity contribution in [3.63, 3.8) is 0 Å². The summed E-state index contributed by atoms with van der Waals surface area (Å²) in [6.45, 7) is 1.57. The van der Waals surface area contributed by atoms with Gasteiger partial charge in [0.25, 0.3) is 0 Å². The van der Waals surface area contributed by atoms with Crippen molar-refractivity contribution in [2.75, 3.05) is 13.2 Å². The van der Waals surface area contributed by atoms with Crippen molar-refractivity contribution >= 4 is 16.2 Å². The minimum Gasteiger partial charge on any atom is -0.465 e. The monoisotopic (exact) mass is 254 g/mol. The van der Waals surface area contributed by atoms with Gasteiger partial charge in [-0.15, -0.1) is 0 Å². The molecule has 4 atom stereocenters. The van der Waals surface area contributed by atoms with Crippen LogP contribution in [-0.2, 0) is 14.3 Å². The second kappa shape index (κ2) is 4.39. The quantitative estimate of drug-likeness (QED) is 0.425. The SMILES string of the molecule is O=C1OCCC12CC1CC2CC1OCCC[SiH3]. The zero-order chi connectivity index (χ0) is 11.9. The van der Waals surface area contributed by atoms with Crippen LogP contribution in [0.1, 0.15) is 32.1 Å². The normalized spacial score (nSPS) is 43.8. The van der Waals surface area contributed by atoms with Crippen molar-refractivity contribution in [3.05, 3.63) is 0 Å². The van der Waals surface area contributed by atoms with E-state index in [1.165, 1.54) is 29.1 Å². The lowest BCUT2D eigenvalue weighted by Crippen LogP contribution is -2.37. The molecule has 2 aliphatic carbocycles. The molecule has 1 saturated heterocycles. The van der Waals surface area contributed by atoms with Crippen LogP contribution in [-0.4, -0.2) is 35.5 Å². The van der Waals surface area contributed by atoms with Crippen molar-refractivity contribution in [2.24, 2.45) is 17.3 Å². The maximum absolute atomic E-state index is 11.9. The molecule has 3 nitrogen and oxygen atoms in total. The van der Waals surface area contributed by atoms with E-state index in [1.54, 1.807) is 0 Å². The van der Waals surface area contributed by atoms with E-state index < -0.39 is 0 Å². The molecule has 1 spiro atoms. The first-order chi connectivity index (χ1) is 8.26. The molecule has 1 aliphatic heterocycles. The van der Waals surface area contributed by atoms with E-state index in [-0.39, 0.29) is 11.4 Å². The van der Waals surface area contributed by atoms with E-state index in [0.29, 0.717) is 24.5 Å². The average molecular weight is 254 g/mol. The number of carbonyl (C=O) groups is 1. The molecule has 96 valence electrons. The van der Waals surface area contributed by atoms with Gasteiger partial charge in [0.15, 0.2) is 0 Å². The van der Waals surface area contributed by atoms with Crippen LogP contribution in [0.5, 0.6) is 0 Å². The second-order valence-electron chi connectivity index (χ2n) is 5.94. The molecule has 0 amide bonds. The number of hydrogen-bond donors (Lipinski definition) is 0. The highest BCUT2D eigenvalue weighted by atomic mass is 28.1. The van der Waals surface area contributed by atoms with Crippen LogP contribution < -0.4 is 0 Å². The van der Waals surface area contributed by atoms with Crippen LogP contribution >= 0.6 is 0 Å². The fraction of sp³-hybridized carbons (Fsp3) is 0.923. The minimum absolute atomic E-state index is 0.0861. The van der Waals surface area contributed by atoms with Gasteiger partial charge in [0.05, 0.1) is 18.1 Å². The fourth-order valence-corrected chi connectivity index (χ4v) is 4.39. The largest absolute Gasteiger partial charge is 0.465 e. The van der Waals surface area contributed by atoms with Crippen molar-refractivity contribution < 1.29 is 14.3 Å². The Morgan fingerprint density at radius 2 is 2.35 bits per heavy atom. The maximum atomic E-state index is 11.9. The summed E-state index contributed by atoms with van der Waals surface area (Å²) in [6, 6.07) is 1.33. The summed E-state index contributed by atoms with van der Waals surface area (Å²) in [5.41, 5.74) is -0.0950. The van der Waals surface area contributed by atoms with E-state index in [4.69, 9.17) is 9.47 Å². The molecular formula is C13H22O3Si. The highest BCUT2D eigenvalue weighted by Crippen LogP contribution is 2.60. The van der Waals surface area contributed by atoms with Crippen molar-refractivity contribution in [3.8, 4) is 0 Å². The predicted molar refractivity (Wildman–Crippen MR) is 67.9 cm³/mol. The first kappa shape index (κ1) is 11.7. The number of fused-ring (bicyclic) bond motifs is 3. The highest BCUT2D eigenvalue weighted by molar-refractivity contribution is 6.08. The first-order valence-corrected chi connectivity index (χ1v) is 8.46. The molecule has 0 aromatic heterocycles. The third-order valence-corrected chi connectivity index (χ3v) is 5.76. The lowest BCUT2D eigenvalue weighted by molar-refractivity contribution is -0.150. The standard InChI is InChI=1S/C13H22O3Si/c14-12-13(2-4-16-12)8-9-6-10(13)7-11(9)15-3-1-5-17/h9-11H,1-8H2,17H3. The number of carbonyl (C=O) groups excluding carboxylic acids is 1. The van der Waals surface area contributed by atoms with Gasteiger partial charge in [-0.05, 0) is 43.9 Å². The Morgan fingerprint density at radius 1 is 1.47 bits per heavy atom. The molecule has 3 rings (SSSR count). The molecule has 4 unspecified atom stereocenters. The van der Waals surface area contributed by atoms with Gasteiger partial charge >= 0.3 is 5.97 Å². The van der Waals surface area contributed by atoms with E-state index >= 15 is 0 Å². The first-order valence-electron chi connectivity index (χ1n) is 7.05. The summed E-state index contributed by atoms with van der Waals surface area (Å²) in [7, 11) is 1.28. The Balaban J connectivity index is 1.60. The topological polar surface area (TPSA) is 35.5 Å². The van der Waals surface area contributed by atoms with Crippen LogP contribution in [0.3, 0.4) is 0 Å². The Kier molecular flexibility index (Phi) is 3.03. The molecule has 0 N–H and O–H groups in total. The van der Waals surface area contributed by atoms with Crippen LogP contribution in [0.25, 0.3) is 0 Å². The number of hydrogen-bond acceptors (Lipinski definition) is 3. The van der Waals surface area contributed by atoms with Crippen molar-refractivity contribution in [2.45, 2.75) is 44.3 Å². The van der Waals surface area contributed by atoms with Gasteiger partial charge < -0.3 is 9.47 Å². The van der Waals surface area contributed by atoms with Crippen molar-refractivity contribution in [1.82, 2.24) is 0 Å². The summed E-state index contributed by atoms with van der Waals surface area (Å²) in [5, 5.41) is 0. The summed E-state index contributed by atoms with van der Waals surface area (Å²) < 4.78 is 11.2. The number of ether oxygens (including phenoxy) is 2. The van der Waals surface area contributed by atoms with Gasteiger partial charge in [-0.25, -0.2) is 0 Å². The number of esters is 1. The third-order valence-electron chi connectivity index (χ3n) is 5.06. The summed E-state index contributed by atoms with van der Waals surface area (Å²) in [6.07, 6.45) is 5.93. The van der Waals surface area contributed by atoms with Gasteiger partial charge in [0.2, 0.25) is 0 Å². The van der Waals surface area contributed by atoms with Crippen LogP contribution in [0.4, 0.5) is 0 Å². The Hall–Kier alpha value is -0.353. The van der Waals surface area contributed by atoms with Crippen LogP contribution in [0.2, 0.25) is 6.04 Å². The van der Waals surface area contributed by atoms with Gasteiger partial charge in [0, 0.05) is 16.8 Å². The van der Waals surface area contributed by atoms with Crippen LogP contribution in [0, 0.1) is 17.3 Å². The van der Waals surface area contributed by atoms with Gasteiger partial charge in [-0.3, -0.25) is 4.79 Å². The zero-order valence-electron chi connectivity index (χ0n) is 10.6. The van der Waals surface area contributed by atoms with Gasteiger partial charge in [-0.2, -0.15) is 0 Å². The molecule has 2 saturated carbocycles. The number of cyclic esters (lactones) is 1. The average Bonchev–Trinajstić information content (AvgIpc) is 2.96. The summed E-state index contributed by atoms with van der Waals surface area (Å²) >= 11 is 0. The van der Waals surface area contributed by atoms with E-state index in [9.17, 15) is 4.79 Å². The predicted octanol–water partition coefficient (Wildman–Crippen LogP) is 0.909. The summed E-state index contributed by atoms with van der Waals surface area (Å²) in [4.78, 5) is 11.9. The molecule has 3 fully saturated rings. The molecule has 0 aromatic carbocycles. The van der Waals surface area contributed by atoms with E-state index in [1.807, 2.05) is 0 Å². The minimum atomic E-state index is -0.0950. The fourth-order valence-electron chi connectivity index (χ4n) is 4.10. The smallest absolute Gasteiger partial charge is 0.312 e. The van der Waals surface area contributed by atoms with Gasteiger partial charge in [-0.1, -0.05) is 6.04 Å². The second-order valence-corrected chi connectivity index (χ2v) is 6.94. The molecule has 1 heterocycles. The summed E-state index contributed by atoms with van der Waals surface area (Å²) in [5.74, 6) is 1.26. The molecule has 17 heavy (non-hydrogen) atoms. The molecular weight excluding hydrogens is 232 g/mol. The molecule has 4 heteroatoms. The number of rotatable bonds is 4. The molecule has 2 bridgehead atoms.